The van der Waals surface area contributed by atoms with Crippen molar-refractivity contribution in [3.8, 4) is 0 Å². The molecule has 0 unspecified atom stereocenters. The topological polar surface area (TPSA) is 70.7 Å². The van der Waals surface area contributed by atoms with Crippen molar-refractivity contribution in [3.63, 3.8) is 0 Å². The molecular weight excluding hydrogens is 313 g/mol. The van der Waals surface area contributed by atoms with Gasteiger partial charge in [0, 0.05) is 17.9 Å². The molecule has 1 aliphatic heterocycles. The fourth-order valence-corrected chi connectivity index (χ4v) is 2.31. The maximum atomic E-state index is 12.8. The number of hydrogen-bond donors (Lipinski definition) is 2. The highest BCUT2D eigenvalue weighted by molar-refractivity contribution is 5.91. The smallest absolute Gasteiger partial charge is 0.414 e. The van der Waals surface area contributed by atoms with Crippen LogP contribution in [0.2, 0.25) is 0 Å². The van der Waals surface area contributed by atoms with Crippen LogP contribution in [0.1, 0.15) is 5.56 Å². The summed E-state index contributed by atoms with van der Waals surface area (Å²) in [6.07, 6.45) is -0.368. The van der Waals surface area contributed by atoms with Crippen LogP contribution in [0.3, 0.4) is 0 Å². The lowest BCUT2D eigenvalue weighted by Gasteiger charge is -2.13. The Balaban J connectivity index is 1.52. The normalized spacial score (nSPS) is 13.5. The van der Waals surface area contributed by atoms with Crippen molar-refractivity contribution < 1.29 is 18.7 Å². The molecule has 0 bridgehead atoms. The summed E-state index contributed by atoms with van der Waals surface area (Å²) in [7, 11) is 0. The minimum atomic E-state index is -0.368. The van der Waals surface area contributed by atoms with Crippen LogP contribution < -0.4 is 15.5 Å². The quantitative estimate of drug-likeness (QED) is 0.905. The van der Waals surface area contributed by atoms with Crippen LogP contribution >= 0.6 is 0 Å². The van der Waals surface area contributed by atoms with Crippen LogP contribution in [0.5, 0.6) is 0 Å². The third-order valence-electron chi connectivity index (χ3n) is 3.56. The van der Waals surface area contributed by atoms with Crippen molar-refractivity contribution in [1.82, 2.24) is 5.32 Å². The first-order chi connectivity index (χ1) is 11.6. The molecule has 1 fully saturated rings. The molecule has 3 rings (SSSR count). The van der Waals surface area contributed by atoms with Gasteiger partial charge < -0.3 is 15.4 Å². The van der Waals surface area contributed by atoms with Crippen LogP contribution in [0, 0.1) is 5.82 Å². The van der Waals surface area contributed by atoms with E-state index in [1.54, 1.807) is 36.4 Å². The average molecular weight is 329 g/mol. The van der Waals surface area contributed by atoms with Crippen molar-refractivity contribution in [1.29, 1.82) is 0 Å². The molecule has 2 aromatic rings. The van der Waals surface area contributed by atoms with Gasteiger partial charge in [-0.25, -0.2) is 14.0 Å². The van der Waals surface area contributed by atoms with Crippen molar-refractivity contribution in [2.45, 2.75) is 6.54 Å². The highest BCUT2D eigenvalue weighted by Crippen LogP contribution is 2.21. The minimum absolute atomic E-state index is 0.295. The maximum absolute atomic E-state index is 12.8. The van der Waals surface area contributed by atoms with Gasteiger partial charge in [0.2, 0.25) is 0 Å². The average Bonchev–Trinajstić information content (AvgIpc) is 3.01. The number of urea groups is 1. The van der Waals surface area contributed by atoms with Crippen LogP contribution in [0.4, 0.5) is 25.4 Å². The fourth-order valence-electron chi connectivity index (χ4n) is 2.31. The third kappa shape index (κ3) is 3.81. The molecule has 0 atom stereocenters. The molecule has 1 saturated heterocycles. The summed E-state index contributed by atoms with van der Waals surface area (Å²) in [6.45, 7) is 1.19. The number of anilines is 2. The Morgan fingerprint density at radius 3 is 2.46 bits per heavy atom. The SMILES string of the molecule is O=C(NCc1ccc(F)cc1)Nc1ccc(N2CCOC2=O)cc1. The third-order valence-corrected chi connectivity index (χ3v) is 3.56. The summed E-state index contributed by atoms with van der Waals surface area (Å²) < 4.78 is 17.7. The molecule has 0 saturated carbocycles. The van der Waals surface area contributed by atoms with Crippen LogP contribution in [-0.2, 0) is 11.3 Å². The monoisotopic (exact) mass is 329 g/mol. The Hall–Kier alpha value is -3.09. The van der Waals surface area contributed by atoms with E-state index in [1.165, 1.54) is 17.0 Å². The zero-order chi connectivity index (χ0) is 16.9. The molecule has 7 heteroatoms. The van der Waals surface area contributed by atoms with Crippen LogP contribution in [-0.4, -0.2) is 25.3 Å². The van der Waals surface area contributed by atoms with Gasteiger partial charge >= 0.3 is 12.1 Å². The molecule has 2 aromatic carbocycles. The van der Waals surface area contributed by atoms with E-state index in [-0.39, 0.29) is 17.9 Å². The number of ether oxygens (including phenoxy) is 1. The lowest BCUT2D eigenvalue weighted by Crippen LogP contribution is -2.28. The summed E-state index contributed by atoms with van der Waals surface area (Å²) >= 11 is 0. The number of nitrogens with zero attached hydrogens (tertiary/aromatic N) is 1. The van der Waals surface area contributed by atoms with Gasteiger partial charge in [-0.1, -0.05) is 12.1 Å². The first-order valence-corrected chi connectivity index (χ1v) is 7.45. The van der Waals surface area contributed by atoms with Gasteiger partial charge in [0.15, 0.2) is 0 Å². The first-order valence-electron chi connectivity index (χ1n) is 7.45. The fraction of sp³-hybridized carbons (Fsp3) is 0.176. The van der Waals surface area contributed by atoms with Gasteiger partial charge in [-0.3, -0.25) is 4.90 Å². The molecule has 0 aromatic heterocycles. The number of cyclic esters (lactones) is 1. The number of carbonyl (C=O) groups is 2. The maximum Gasteiger partial charge on any atom is 0.414 e. The molecule has 6 nitrogen and oxygen atoms in total. The summed E-state index contributed by atoms with van der Waals surface area (Å²) in [4.78, 5) is 24.9. The molecular formula is C17H16FN3O3. The van der Waals surface area contributed by atoms with E-state index >= 15 is 0 Å². The van der Waals surface area contributed by atoms with Gasteiger partial charge in [0.1, 0.15) is 12.4 Å². The molecule has 2 N–H and O–H groups in total. The highest BCUT2D eigenvalue weighted by atomic mass is 19.1. The van der Waals surface area contributed by atoms with E-state index in [2.05, 4.69) is 10.6 Å². The summed E-state index contributed by atoms with van der Waals surface area (Å²) in [6, 6.07) is 12.4. The number of benzene rings is 2. The summed E-state index contributed by atoms with van der Waals surface area (Å²) in [5.41, 5.74) is 2.12. The van der Waals surface area contributed by atoms with E-state index in [9.17, 15) is 14.0 Å². The number of amides is 3. The van der Waals surface area contributed by atoms with E-state index in [1.807, 2.05) is 0 Å². The van der Waals surface area contributed by atoms with Gasteiger partial charge in [-0.2, -0.15) is 0 Å². The second-order valence-corrected chi connectivity index (χ2v) is 5.25. The molecule has 1 heterocycles. The number of hydrogen-bond acceptors (Lipinski definition) is 3. The largest absolute Gasteiger partial charge is 0.447 e. The van der Waals surface area contributed by atoms with Gasteiger partial charge in [0.05, 0.1) is 6.54 Å². The standard InChI is InChI=1S/C17H16FN3O3/c18-13-3-1-12(2-4-13)11-19-16(22)20-14-5-7-15(8-6-14)21-9-10-24-17(21)23/h1-8H,9-11H2,(H2,19,20,22). The molecule has 124 valence electrons. The Morgan fingerprint density at radius 2 is 1.83 bits per heavy atom. The predicted molar refractivity (Wildman–Crippen MR) is 87.4 cm³/mol. The van der Waals surface area contributed by atoms with Gasteiger partial charge in [0.25, 0.3) is 0 Å². The summed E-state index contributed by atoms with van der Waals surface area (Å²) in [5, 5.41) is 5.38. The summed E-state index contributed by atoms with van der Waals surface area (Å²) in [5.74, 6) is -0.315. The number of halogens is 1. The van der Waals surface area contributed by atoms with E-state index < -0.39 is 0 Å². The van der Waals surface area contributed by atoms with Crippen molar-refractivity contribution in [2.75, 3.05) is 23.4 Å². The zero-order valence-corrected chi connectivity index (χ0v) is 12.8. The van der Waals surface area contributed by atoms with Crippen LogP contribution in [0.25, 0.3) is 0 Å². The lowest BCUT2D eigenvalue weighted by atomic mass is 10.2. The molecule has 1 aliphatic rings. The molecule has 24 heavy (non-hydrogen) atoms. The van der Waals surface area contributed by atoms with E-state index in [0.717, 1.165) is 11.3 Å². The number of rotatable bonds is 4. The zero-order valence-electron chi connectivity index (χ0n) is 12.8. The second kappa shape index (κ2) is 6.99. The Bertz CT molecular complexity index is 732. The van der Waals surface area contributed by atoms with Crippen molar-refractivity contribution in [3.05, 3.63) is 59.9 Å². The first kappa shape index (κ1) is 15.8. The molecule has 0 spiro atoms. The van der Waals surface area contributed by atoms with Gasteiger partial charge in [-0.05, 0) is 42.0 Å². The lowest BCUT2D eigenvalue weighted by molar-refractivity contribution is 0.181. The predicted octanol–water partition coefficient (Wildman–Crippen LogP) is 3.10. The minimum Gasteiger partial charge on any atom is -0.447 e. The Kier molecular flexibility index (Phi) is 4.60. The van der Waals surface area contributed by atoms with Crippen molar-refractivity contribution in [2.24, 2.45) is 0 Å². The van der Waals surface area contributed by atoms with Crippen LogP contribution in [0.15, 0.2) is 48.5 Å². The van der Waals surface area contributed by atoms with Crippen molar-refractivity contribution >= 4 is 23.5 Å². The van der Waals surface area contributed by atoms with E-state index in [0.29, 0.717) is 25.4 Å². The van der Waals surface area contributed by atoms with Gasteiger partial charge in [-0.15, -0.1) is 0 Å². The molecule has 0 radical (unpaired) electrons. The number of carbonyl (C=O) groups excluding carboxylic acids is 2. The highest BCUT2D eigenvalue weighted by Gasteiger charge is 2.23. The molecule has 3 amide bonds. The number of nitrogens with one attached hydrogen (secondary N) is 2. The molecule has 0 aliphatic carbocycles. The Labute approximate surface area is 138 Å². The second-order valence-electron chi connectivity index (χ2n) is 5.25. The Morgan fingerprint density at radius 1 is 1.12 bits per heavy atom. The van der Waals surface area contributed by atoms with E-state index in [4.69, 9.17) is 4.74 Å².